The first-order chi connectivity index (χ1) is 19.3. The maximum absolute atomic E-state index is 13.7. The van der Waals surface area contributed by atoms with Gasteiger partial charge in [0.2, 0.25) is 6.10 Å². The van der Waals surface area contributed by atoms with Gasteiger partial charge in [0.1, 0.15) is 10.3 Å². The van der Waals surface area contributed by atoms with Crippen LogP contribution >= 0.6 is 39.1 Å². The number of oxime groups is 1. The van der Waals surface area contributed by atoms with Gasteiger partial charge in [-0.1, -0.05) is 58.7 Å². The van der Waals surface area contributed by atoms with Gasteiger partial charge in [0.25, 0.3) is 11.8 Å². The van der Waals surface area contributed by atoms with Gasteiger partial charge in [0.15, 0.2) is 5.82 Å². The predicted molar refractivity (Wildman–Crippen MR) is 157 cm³/mol. The molecule has 0 bridgehead atoms. The van der Waals surface area contributed by atoms with E-state index in [9.17, 15) is 9.59 Å². The fraction of sp³-hybridized carbons (Fsp3) is 0.179. The predicted octanol–water partition coefficient (Wildman–Crippen LogP) is 5.61. The van der Waals surface area contributed by atoms with Crippen LogP contribution in [0.3, 0.4) is 0 Å². The van der Waals surface area contributed by atoms with Crippen molar-refractivity contribution in [2.45, 2.75) is 19.4 Å². The summed E-state index contributed by atoms with van der Waals surface area (Å²) in [5, 5.41) is 15.1. The van der Waals surface area contributed by atoms with Crippen LogP contribution in [0.1, 0.15) is 27.2 Å². The van der Waals surface area contributed by atoms with Gasteiger partial charge in [-0.2, -0.15) is 5.10 Å². The number of aromatic nitrogens is 3. The molecular formula is C28H23BrCl2N6O3. The van der Waals surface area contributed by atoms with Gasteiger partial charge in [-0.05, 0) is 64.7 Å². The maximum atomic E-state index is 13.7. The van der Waals surface area contributed by atoms with Crippen molar-refractivity contribution in [3.05, 3.63) is 104 Å². The Morgan fingerprint density at radius 1 is 1.10 bits per heavy atom. The molecule has 12 heteroatoms. The minimum atomic E-state index is -0.855. The summed E-state index contributed by atoms with van der Waals surface area (Å²) in [7, 11) is 1.55. The van der Waals surface area contributed by atoms with Gasteiger partial charge >= 0.3 is 0 Å². The van der Waals surface area contributed by atoms with E-state index in [1.54, 1.807) is 43.6 Å². The number of pyridine rings is 1. The van der Waals surface area contributed by atoms with Crippen LogP contribution in [0.4, 0.5) is 5.69 Å². The number of benzene rings is 2. The normalized spacial score (nSPS) is 16.3. The molecule has 2 N–H and O–H groups in total. The van der Waals surface area contributed by atoms with Crippen LogP contribution in [0.2, 0.25) is 10.0 Å². The number of aryl methyl sites for hydroxylation is 1. The van der Waals surface area contributed by atoms with Crippen LogP contribution in [0.5, 0.6) is 0 Å². The monoisotopic (exact) mass is 640 g/mol. The lowest BCUT2D eigenvalue weighted by molar-refractivity contribution is -0.132. The molecule has 0 aliphatic carbocycles. The number of nitrogens with one attached hydrogen (secondary N) is 2. The van der Waals surface area contributed by atoms with E-state index < -0.39 is 17.9 Å². The number of nitrogens with zero attached hydrogens (tertiary/aromatic N) is 4. The molecule has 5 rings (SSSR count). The Morgan fingerprint density at radius 3 is 2.60 bits per heavy atom. The largest absolute Gasteiger partial charge is 0.381 e. The Balaban J connectivity index is 1.54. The molecule has 0 radical (unpaired) electrons. The Bertz CT molecular complexity index is 1630. The van der Waals surface area contributed by atoms with E-state index in [1.807, 2.05) is 37.3 Å². The SMILES string of the molecule is CNC(=O)C1ON=C(c2cc(Cl)cc(C)c2NC(=O)c2cc(Br)nn2-c2ncccc2Cl)C1Cc1ccccc1. The van der Waals surface area contributed by atoms with Crippen molar-refractivity contribution in [3.63, 3.8) is 0 Å². The van der Waals surface area contributed by atoms with Crippen molar-refractivity contribution >= 4 is 62.3 Å². The molecule has 9 nitrogen and oxygen atoms in total. The van der Waals surface area contributed by atoms with E-state index in [0.717, 1.165) is 5.56 Å². The average molecular weight is 642 g/mol. The fourth-order valence-corrected chi connectivity index (χ4v) is 5.44. The van der Waals surface area contributed by atoms with E-state index in [1.165, 1.54) is 4.68 Å². The molecule has 2 aromatic carbocycles. The molecular weight excluding hydrogens is 619 g/mol. The number of amides is 2. The number of halogens is 3. The second-order valence-corrected chi connectivity index (χ2v) is 10.7. The number of anilines is 1. The van der Waals surface area contributed by atoms with E-state index in [-0.39, 0.29) is 11.6 Å². The summed E-state index contributed by atoms with van der Waals surface area (Å²) >= 11 is 16.2. The number of carbonyl (C=O) groups excluding carboxylic acids is 2. The van der Waals surface area contributed by atoms with Crippen LogP contribution in [-0.2, 0) is 16.1 Å². The smallest absolute Gasteiger partial charge is 0.274 e. The maximum Gasteiger partial charge on any atom is 0.274 e. The highest BCUT2D eigenvalue weighted by atomic mass is 79.9. The van der Waals surface area contributed by atoms with Crippen LogP contribution < -0.4 is 10.6 Å². The zero-order valence-corrected chi connectivity index (χ0v) is 24.5. The molecule has 0 saturated carbocycles. The van der Waals surface area contributed by atoms with Gasteiger partial charge < -0.3 is 15.5 Å². The Morgan fingerprint density at radius 2 is 1.88 bits per heavy atom. The fourth-order valence-electron chi connectivity index (χ4n) is 4.59. The van der Waals surface area contributed by atoms with Crippen molar-refractivity contribution < 1.29 is 14.4 Å². The van der Waals surface area contributed by atoms with Crippen LogP contribution in [0.15, 0.2) is 76.6 Å². The van der Waals surface area contributed by atoms with E-state index >= 15 is 0 Å². The van der Waals surface area contributed by atoms with E-state index in [2.05, 4.69) is 41.8 Å². The highest BCUT2D eigenvalue weighted by Crippen LogP contribution is 2.34. The molecule has 2 aromatic heterocycles. The lowest BCUT2D eigenvalue weighted by Gasteiger charge is -2.20. The van der Waals surface area contributed by atoms with E-state index in [4.69, 9.17) is 28.0 Å². The third-order valence-electron chi connectivity index (χ3n) is 6.45. The number of hydrogen-bond acceptors (Lipinski definition) is 6. The second-order valence-electron chi connectivity index (χ2n) is 9.09. The first kappa shape index (κ1) is 27.8. The summed E-state index contributed by atoms with van der Waals surface area (Å²) in [6.07, 6.45) is 1.19. The zero-order chi connectivity index (χ0) is 28.4. The van der Waals surface area contributed by atoms with E-state index in [0.29, 0.717) is 49.4 Å². The molecule has 2 amide bonds. The van der Waals surface area contributed by atoms with Crippen molar-refractivity contribution in [3.8, 4) is 5.82 Å². The van der Waals surface area contributed by atoms with Crippen LogP contribution in [0, 0.1) is 12.8 Å². The lowest BCUT2D eigenvalue weighted by Crippen LogP contribution is -2.39. The number of rotatable bonds is 7. The van der Waals surface area contributed by atoms with Gasteiger partial charge in [-0.25, -0.2) is 9.67 Å². The Hall–Kier alpha value is -3.73. The first-order valence-electron chi connectivity index (χ1n) is 12.2. The molecule has 0 fully saturated rings. The average Bonchev–Trinajstić information content (AvgIpc) is 3.54. The Kier molecular flexibility index (Phi) is 8.20. The standard InChI is InChI=1S/C28H23BrCl2N6O3/c1-15-11-17(30)13-18(24-19(12-16-7-4-3-5-8-16)25(40-36-24)28(39)32-2)23(15)34-27(38)21-14-22(29)35-37(21)26-20(31)9-6-10-33-26/h3-11,13-14,19,25H,12H2,1-2H3,(H,32,39)(H,34,38). The minimum Gasteiger partial charge on any atom is -0.381 e. The molecule has 3 heterocycles. The molecule has 204 valence electrons. The second kappa shape index (κ2) is 11.8. The van der Waals surface area contributed by atoms with Crippen molar-refractivity contribution in [1.29, 1.82) is 0 Å². The third kappa shape index (κ3) is 5.60. The molecule has 4 aromatic rings. The van der Waals surface area contributed by atoms with Gasteiger partial charge in [-0.3, -0.25) is 9.59 Å². The summed E-state index contributed by atoms with van der Waals surface area (Å²) in [5.74, 6) is -0.903. The molecule has 0 spiro atoms. The molecule has 40 heavy (non-hydrogen) atoms. The highest BCUT2D eigenvalue weighted by Gasteiger charge is 2.41. The number of hydrogen-bond donors (Lipinski definition) is 2. The minimum absolute atomic E-state index is 0.196. The van der Waals surface area contributed by atoms with Crippen LogP contribution in [-0.4, -0.2) is 45.4 Å². The molecule has 0 saturated heterocycles. The van der Waals surface area contributed by atoms with Crippen LogP contribution in [0.25, 0.3) is 5.82 Å². The molecule has 1 aliphatic rings. The first-order valence-corrected chi connectivity index (χ1v) is 13.8. The zero-order valence-electron chi connectivity index (χ0n) is 21.4. The quantitative estimate of drug-likeness (QED) is 0.273. The number of carbonyl (C=O) groups is 2. The molecule has 2 atom stereocenters. The summed E-state index contributed by atoms with van der Waals surface area (Å²) in [4.78, 5) is 36.4. The van der Waals surface area contributed by atoms with Crippen molar-refractivity contribution in [2.24, 2.45) is 11.1 Å². The molecule has 2 unspecified atom stereocenters. The third-order valence-corrected chi connectivity index (χ3v) is 7.35. The van der Waals surface area contributed by atoms with Gasteiger partial charge in [0, 0.05) is 29.9 Å². The lowest BCUT2D eigenvalue weighted by atomic mass is 9.85. The summed E-state index contributed by atoms with van der Waals surface area (Å²) < 4.78 is 1.79. The van der Waals surface area contributed by atoms with Crippen molar-refractivity contribution in [2.75, 3.05) is 12.4 Å². The number of likely N-dealkylation sites (N-methyl/N-ethyl adjacent to an activating group) is 1. The highest BCUT2D eigenvalue weighted by molar-refractivity contribution is 9.10. The van der Waals surface area contributed by atoms with Crippen molar-refractivity contribution in [1.82, 2.24) is 20.1 Å². The summed E-state index contributed by atoms with van der Waals surface area (Å²) in [6.45, 7) is 1.83. The molecule has 1 aliphatic heterocycles. The summed E-state index contributed by atoms with van der Waals surface area (Å²) in [6, 6.07) is 18.1. The van der Waals surface area contributed by atoms with Gasteiger partial charge in [-0.15, -0.1) is 0 Å². The summed E-state index contributed by atoms with van der Waals surface area (Å²) in [5.41, 5.74) is 3.42. The Labute approximate surface area is 248 Å². The topological polar surface area (TPSA) is 110 Å². The van der Waals surface area contributed by atoms with Gasteiger partial charge in [0.05, 0.1) is 22.3 Å².